The lowest BCUT2D eigenvalue weighted by Crippen LogP contribution is -2.11. The molecule has 5 nitrogen and oxygen atoms in total. The van der Waals surface area contributed by atoms with Gasteiger partial charge in [0.2, 0.25) is 10.0 Å². The number of hydrogen-bond acceptors (Lipinski definition) is 4. The van der Waals surface area contributed by atoms with Gasteiger partial charge >= 0.3 is 6.43 Å². The van der Waals surface area contributed by atoms with Crippen LogP contribution in [0.15, 0.2) is 27.5 Å². The zero-order chi connectivity index (χ0) is 11.9. The number of sulfonamides is 1. The molecule has 0 unspecified atom stereocenters. The molecule has 0 spiro atoms. The average Bonchev–Trinajstić information content (AvgIpc) is 2.58. The van der Waals surface area contributed by atoms with Crippen LogP contribution < -0.4 is 5.14 Å². The van der Waals surface area contributed by atoms with Crippen LogP contribution in [0.4, 0.5) is 8.78 Å². The molecule has 8 heteroatoms. The number of fused-ring (bicyclic) bond motifs is 1. The number of rotatable bonds is 2. The fourth-order valence-corrected chi connectivity index (χ4v) is 1.73. The van der Waals surface area contributed by atoms with Crippen molar-refractivity contribution in [3.05, 3.63) is 24.1 Å². The molecule has 1 aromatic heterocycles. The van der Waals surface area contributed by atoms with Crippen molar-refractivity contribution in [1.82, 2.24) is 4.98 Å². The molecule has 0 radical (unpaired) electrons. The quantitative estimate of drug-likeness (QED) is 0.870. The van der Waals surface area contributed by atoms with Crippen LogP contribution in [0.1, 0.15) is 12.3 Å². The number of aromatic nitrogens is 1. The van der Waals surface area contributed by atoms with Crippen LogP contribution in [0.25, 0.3) is 11.1 Å². The van der Waals surface area contributed by atoms with Crippen LogP contribution in [-0.2, 0) is 10.0 Å². The summed E-state index contributed by atoms with van der Waals surface area (Å²) in [4.78, 5) is 3.25. The minimum absolute atomic E-state index is 0.0295. The van der Waals surface area contributed by atoms with E-state index in [1.807, 2.05) is 0 Å². The van der Waals surface area contributed by atoms with Crippen LogP contribution in [0.5, 0.6) is 0 Å². The highest BCUT2D eigenvalue weighted by Gasteiger charge is 2.17. The van der Waals surface area contributed by atoms with Gasteiger partial charge in [-0.3, -0.25) is 0 Å². The standard InChI is InChI=1S/C8H6F2N2O3S/c9-7(10)8-12-5-3-4(16(11,13)14)1-2-6(5)15-8/h1-3,7H,(H2,11,13,14). The number of nitrogens with two attached hydrogens (primary N) is 1. The number of benzene rings is 1. The highest BCUT2D eigenvalue weighted by atomic mass is 32.2. The van der Waals surface area contributed by atoms with Crippen molar-refractivity contribution < 1.29 is 21.6 Å². The second-order valence-electron chi connectivity index (χ2n) is 3.03. The first-order valence-electron chi connectivity index (χ1n) is 4.09. The molecule has 0 atom stereocenters. The zero-order valence-corrected chi connectivity index (χ0v) is 8.54. The first-order valence-corrected chi connectivity index (χ1v) is 5.64. The summed E-state index contributed by atoms with van der Waals surface area (Å²) in [6, 6.07) is 3.48. The maximum Gasteiger partial charge on any atom is 0.313 e. The van der Waals surface area contributed by atoms with Gasteiger partial charge in [0.25, 0.3) is 5.89 Å². The zero-order valence-electron chi connectivity index (χ0n) is 7.72. The third-order valence-corrected chi connectivity index (χ3v) is 2.80. The van der Waals surface area contributed by atoms with E-state index in [9.17, 15) is 17.2 Å². The minimum Gasteiger partial charge on any atom is -0.435 e. The minimum atomic E-state index is -3.87. The SMILES string of the molecule is NS(=O)(=O)c1ccc2oc(C(F)F)nc2c1. The van der Waals surface area contributed by atoms with Crippen LogP contribution in [0.3, 0.4) is 0 Å². The lowest BCUT2D eigenvalue weighted by Gasteiger charge is -1.95. The second kappa shape index (κ2) is 3.49. The molecule has 0 saturated carbocycles. The molecular weight excluding hydrogens is 242 g/mol. The van der Waals surface area contributed by atoms with Gasteiger partial charge in [-0.15, -0.1) is 0 Å². The fourth-order valence-electron chi connectivity index (χ4n) is 1.20. The Kier molecular flexibility index (Phi) is 2.39. The summed E-state index contributed by atoms with van der Waals surface area (Å²) in [6.45, 7) is 0. The first-order chi connectivity index (χ1) is 7.38. The van der Waals surface area contributed by atoms with E-state index in [-0.39, 0.29) is 16.0 Å². The van der Waals surface area contributed by atoms with Crippen molar-refractivity contribution in [3.63, 3.8) is 0 Å². The second-order valence-corrected chi connectivity index (χ2v) is 4.59. The monoisotopic (exact) mass is 248 g/mol. The molecule has 86 valence electrons. The number of alkyl halides is 2. The Morgan fingerprint density at radius 3 is 2.62 bits per heavy atom. The van der Waals surface area contributed by atoms with Crippen LogP contribution in [0, 0.1) is 0 Å². The van der Waals surface area contributed by atoms with E-state index in [4.69, 9.17) is 9.56 Å². The third kappa shape index (κ3) is 1.89. The molecule has 0 aliphatic rings. The summed E-state index contributed by atoms with van der Waals surface area (Å²) in [5.41, 5.74) is 0.115. The Hall–Kier alpha value is -1.54. The van der Waals surface area contributed by atoms with Crippen molar-refractivity contribution in [2.45, 2.75) is 11.3 Å². The van der Waals surface area contributed by atoms with E-state index >= 15 is 0 Å². The summed E-state index contributed by atoms with van der Waals surface area (Å²) < 4.78 is 51.2. The highest BCUT2D eigenvalue weighted by Crippen LogP contribution is 2.24. The fraction of sp³-hybridized carbons (Fsp3) is 0.125. The van der Waals surface area contributed by atoms with E-state index in [0.717, 1.165) is 12.1 Å². The largest absolute Gasteiger partial charge is 0.435 e. The summed E-state index contributed by atoms with van der Waals surface area (Å²) in [5.74, 6) is -0.749. The molecule has 0 amide bonds. The normalized spacial score (nSPS) is 12.5. The summed E-state index contributed by atoms with van der Waals surface area (Å²) in [5, 5.41) is 4.88. The summed E-state index contributed by atoms with van der Waals surface area (Å²) in [6.07, 6.45) is -2.84. The molecule has 2 aromatic rings. The summed E-state index contributed by atoms with van der Waals surface area (Å²) >= 11 is 0. The molecule has 2 N–H and O–H groups in total. The smallest absolute Gasteiger partial charge is 0.313 e. The van der Waals surface area contributed by atoms with E-state index in [2.05, 4.69) is 4.98 Å². The topological polar surface area (TPSA) is 86.2 Å². The summed E-state index contributed by atoms with van der Waals surface area (Å²) in [7, 11) is -3.87. The van der Waals surface area contributed by atoms with E-state index < -0.39 is 22.3 Å². The predicted octanol–water partition coefficient (Wildman–Crippen LogP) is 1.41. The maximum atomic E-state index is 12.2. The Balaban J connectivity index is 2.63. The lowest BCUT2D eigenvalue weighted by atomic mass is 10.3. The number of hydrogen-bond donors (Lipinski definition) is 1. The Bertz CT molecular complexity index is 636. The van der Waals surface area contributed by atoms with Gasteiger partial charge in [0.1, 0.15) is 5.52 Å². The van der Waals surface area contributed by atoms with E-state index in [1.165, 1.54) is 6.07 Å². The van der Waals surface area contributed by atoms with Crippen molar-refractivity contribution in [1.29, 1.82) is 0 Å². The molecule has 0 saturated heterocycles. The molecule has 0 fully saturated rings. The average molecular weight is 248 g/mol. The molecule has 0 bridgehead atoms. The van der Waals surface area contributed by atoms with Crippen LogP contribution in [0.2, 0.25) is 0 Å². The first kappa shape index (κ1) is 11.0. The van der Waals surface area contributed by atoms with Crippen LogP contribution >= 0.6 is 0 Å². The third-order valence-electron chi connectivity index (χ3n) is 1.89. The Morgan fingerprint density at radius 1 is 1.38 bits per heavy atom. The van der Waals surface area contributed by atoms with Gasteiger partial charge in [-0.1, -0.05) is 0 Å². The predicted molar refractivity (Wildman–Crippen MR) is 50.3 cm³/mol. The van der Waals surface area contributed by atoms with Gasteiger partial charge in [0.05, 0.1) is 4.90 Å². The molecule has 1 aromatic carbocycles. The van der Waals surface area contributed by atoms with Crippen molar-refractivity contribution in [2.75, 3.05) is 0 Å². The number of nitrogens with zero attached hydrogens (tertiary/aromatic N) is 1. The van der Waals surface area contributed by atoms with Gasteiger partial charge in [-0.25, -0.2) is 18.5 Å². The Labute approximate surface area is 88.9 Å². The van der Waals surface area contributed by atoms with Crippen molar-refractivity contribution in [2.24, 2.45) is 5.14 Å². The Morgan fingerprint density at radius 2 is 2.06 bits per heavy atom. The van der Waals surface area contributed by atoms with Gasteiger partial charge < -0.3 is 4.42 Å². The number of primary sulfonamides is 1. The van der Waals surface area contributed by atoms with Gasteiger partial charge in [0.15, 0.2) is 5.58 Å². The molecule has 0 aliphatic carbocycles. The maximum absolute atomic E-state index is 12.2. The van der Waals surface area contributed by atoms with Crippen molar-refractivity contribution in [3.8, 4) is 0 Å². The highest BCUT2D eigenvalue weighted by molar-refractivity contribution is 7.89. The van der Waals surface area contributed by atoms with Crippen molar-refractivity contribution >= 4 is 21.1 Å². The number of oxazole rings is 1. The van der Waals surface area contributed by atoms with Gasteiger partial charge in [-0.05, 0) is 18.2 Å². The molecular formula is C8H6F2N2O3S. The molecule has 16 heavy (non-hydrogen) atoms. The van der Waals surface area contributed by atoms with Gasteiger partial charge in [-0.2, -0.15) is 8.78 Å². The molecule has 2 rings (SSSR count). The van der Waals surface area contributed by atoms with Crippen LogP contribution in [-0.4, -0.2) is 13.4 Å². The molecule has 0 aliphatic heterocycles. The molecule has 1 heterocycles. The van der Waals surface area contributed by atoms with Gasteiger partial charge in [0, 0.05) is 0 Å². The van der Waals surface area contributed by atoms with E-state index in [0.29, 0.717) is 0 Å². The lowest BCUT2D eigenvalue weighted by molar-refractivity contribution is 0.117. The number of halogens is 2. The van der Waals surface area contributed by atoms with E-state index in [1.54, 1.807) is 0 Å².